The Morgan fingerprint density at radius 2 is 1.47 bits per heavy atom. The predicted molar refractivity (Wildman–Crippen MR) is 65.7 cm³/mol. The molecule has 0 aromatic heterocycles. The third kappa shape index (κ3) is 2.39. The summed E-state index contributed by atoms with van der Waals surface area (Å²) in [5, 5.41) is 0. The average Bonchev–Trinajstić information content (AvgIpc) is 2.16. The van der Waals surface area contributed by atoms with Gasteiger partial charge in [0.2, 0.25) is 0 Å². The molecule has 0 saturated carbocycles. The molecule has 2 unspecified atom stereocenters. The minimum absolute atomic E-state index is 0.235. The third-order valence-corrected chi connectivity index (χ3v) is 3.59. The maximum absolute atomic E-state index is 6.34. The molecule has 0 fully saturated rings. The Balaban J connectivity index is 3.00. The highest BCUT2D eigenvalue weighted by Gasteiger charge is 2.39. The van der Waals surface area contributed by atoms with E-state index in [-0.39, 0.29) is 5.92 Å². The highest BCUT2D eigenvalue weighted by molar-refractivity contribution is 5.25. The van der Waals surface area contributed by atoms with Crippen molar-refractivity contribution in [3.63, 3.8) is 0 Å². The fraction of sp³-hybridized carbons (Fsp3) is 0.538. The molecule has 1 aromatic carbocycles. The van der Waals surface area contributed by atoms with Crippen molar-refractivity contribution in [1.82, 2.24) is 0 Å². The Labute approximate surface area is 92.7 Å². The minimum atomic E-state index is -0.422. The zero-order valence-electron chi connectivity index (χ0n) is 10.1. The quantitative estimate of drug-likeness (QED) is 0.797. The van der Waals surface area contributed by atoms with Gasteiger partial charge in [-0.2, -0.15) is 0 Å². The van der Waals surface area contributed by atoms with Crippen LogP contribution in [0.3, 0.4) is 0 Å². The van der Waals surface area contributed by atoms with E-state index in [1.165, 1.54) is 5.56 Å². The lowest BCUT2D eigenvalue weighted by molar-refractivity contribution is 0.244. The highest BCUT2D eigenvalue weighted by atomic mass is 14.9. The van der Waals surface area contributed by atoms with E-state index < -0.39 is 11.1 Å². The van der Waals surface area contributed by atoms with E-state index in [0.29, 0.717) is 0 Å². The van der Waals surface area contributed by atoms with Crippen LogP contribution in [0, 0.1) is 0 Å². The zero-order chi connectivity index (χ0) is 11.7. The fourth-order valence-electron chi connectivity index (χ4n) is 1.65. The molecule has 1 aromatic rings. The second kappa shape index (κ2) is 3.95. The molecule has 0 aliphatic rings. The van der Waals surface area contributed by atoms with Gasteiger partial charge >= 0.3 is 0 Å². The van der Waals surface area contributed by atoms with Crippen LogP contribution in [0.25, 0.3) is 0 Å². The summed E-state index contributed by atoms with van der Waals surface area (Å²) in [4.78, 5) is 0. The lowest BCUT2D eigenvalue weighted by Gasteiger charge is -2.43. The van der Waals surface area contributed by atoms with E-state index >= 15 is 0 Å². The zero-order valence-corrected chi connectivity index (χ0v) is 10.1. The third-order valence-electron chi connectivity index (χ3n) is 3.59. The molecule has 0 aliphatic carbocycles. The van der Waals surface area contributed by atoms with Gasteiger partial charge in [0.1, 0.15) is 0 Å². The molecule has 1 rings (SSSR count). The summed E-state index contributed by atoms with van der Waals surface area (Å²) >= 11 is 0. The van der Waals surface area contributed by atoms with Crippen molar-refractivity contribution in [3.8, 4) is 0 Å². The molecule has 2 heteroatoms. The first-order chi connectivity index (χ1) is 6.77. The normalized spacial score (nSPS) is 18.3. The molecule has 2 atom stereocenters. The van der Waals surface area contributed by atoms with Crippen LogP contribution in [0.15, 0.2) is 30.3 Å². The number of rotatable bonds is 3. The Morgan fingerprint density at radius 3 is 1.87 bits per heavy atom. The van der Waals surface area contributed by atoms with E-state index in [2.05, 4.69) is 19.1 Å². The van der Waals surface area contributed by atoms with Gasteiger partial charge in [-0.3, -0.25) is 0 Å². The number of hydrogen-bond donors (Lipinski definition) is 2. The summed E-state index contributed by atoms with van der Waals surface area (Å²) in [5.74, 6) is 0.235. The van der Waals surface area contributed by atoms with Gasteiger partial charge in [-0.25, -0.2) is 0 Å². The Bertz CT molecular complexity index is 309. The summed E-state index contributed by atoms with van der Waals surface area (Å²) in [6.07, 6.45) is 0. The molecular weight excluding hydrogens is 184 g/mol. The lowest BCUT2D eigenvalue weighted by atomic mass is 9.71. The smallest absolute Gasteiger partial charge is 0.0369 e. The predicted octanol–water partition coefficient (Wildman–Crippen LogP) is 2.24. The molecule has 0 heterocycles. The average molecular weight is 206 g/mol. The standard InChI is InChI=1S/C13H22N2/c1-10(11-8-6-5-7-9-11)13(4,15)12(2,3)14/h5-10H,14-15H2,1-4H3. The van der Waals surface area contributed by atoms with E-state index in [4.69, 9.17) is 11.5 Å². The first-order valence-corrected chi connectivity index (χ1v) is 5.39. The van der Waals surface area contributed by atoms with Gasteiger partial charge in [-0.05, 0) is 26.3 Å². The monoisotopic (exact) mass is 206 g/mol. The van der Waals surface area contributed by atoms with Crippen molar-refractivity contribution in [2.75, 3.05) is 0 Å². The number of benzene rings is 1. The van der Waals surface area contributed by atoms with Crippen LogP contribution in [0.4, 0.5) is 0 Å². The van der Waals surface area contributed by atoms with Crippen LogP contribution in [-0.4, -0.2) is 11.1 Å². The van der Waals surface area contributed by atoms with Crippen molar-refractivity contribution in [2.24, 2.45) is 11.5 Å². The number of hydrogen-bond acceptors (Lipinski definition) is 2. The fourth-order valence-corrected chi connectivity index (χ4v) is 1.65. The van der Waals surface area contributed by atoms with Gasteiger partial charge in [0.05, 0.1) is 0 Å². The summed E-state index contributed by atoms with van der Waals surface area (Å²) in [6, 6.07) is 10.3. The van der Waals surface area contributed by atoms with Gasteiger partial charge in [-0.15, -0.1) is 0 Å². The molecular formula is C13H22N2. The molecule has 84 valence electrons. The van der Waals surface area contributed by atoms with Crippen molar-refractivity contribution >= 4 is 0 Å². The molecule has 0 spiro atoms. The first kappa shape index (κ1) is 12.2. The summed E-state index contributed by atoms with van der Waals surface area (Å²) < 4.78 is 0. The van der Waals surface area contributed by atoms with Crippen LogP contribution >= 0.6 is 0 Å². The van der Waals surface area contributed by atoms with E-state index in [1.807, 2.05) is 39.0 Å². The van der Waals surface area contributed by atoms with Gasteiger partial charge in [0.15, 0.2) is 0 Å². The molecule has 15 heavy (non-hydrogen) atoms. The summed E-state index contributed by atoms with van der Waals surface area (Å²) in [6.45, 7) is 8.10. The van der Waals surface area contributed by atoms with Gasteiger partial charge in [-0.1, -0.05) is 37.3 Å². The summed E-state index contributed by atoms with van der Waals surface area (Å²) in [7, 11) is 0. The lowest BCUT2D eigenvalue weighted by Crippen LogP contribution is -2.63. The van der Waals surface area contributed by atoms with Crippen LogP contribution in [0.1, 0.15) is 39.2 Å². The second-order valence-corrected chi connectivity index (χ2v) is 5.14. The van der Waals surface area contributed by atoms with Crippen LogP contribution in [-0.2, 0) is 0 Å². The molecule has 0 radical (unpaired) electrons. The Morgan fingerprint density at radius 1 is 1.00 bits per heavy atom. The van der Waals surface area contributed by atoms with Crippen molar-refractivity contribution < 1.29 is 0 Å². The topological polar surface area (TPSA) is 52.0 Å². The SMILES string of the molecule is CC(c1ccccc1)C(C)(N)C(C)(C)N. The van der Waals surface area contributed by atoms with Gasteiger partial charge in [0, 0.05) is 17.0 Å². The Hall–Kier alpha value is -0.860. The Kier molecular flexibility index (Phi) is 3.22. The van der Waals surface area contributed by atoms with Gasteiger partial charge in [0.25, 0.3) is 0 Å². The molecule has 4 N–H and O–H groups in total. The number of nitrogens with two attached hydrogens (primary N) is 2. The molecule has 0 amide bonds. The second-order valence-electron chi connectivity index (χ2n) is 5.14. The molecule has 0 bridgehead atoms. The molecule has 0 aliphatic heterocycles. The largest absolute Gasteiger partial charge is 0.324 e. The van der Waals surface area contributed by atoms with Crippen LogP contribution in [0.5, 0.6) is 0 Å². The van der Waals surface area contributed by atoms with Crippen LogP contribution in [0.2, 0.25) is 0 Å². The van der Waals surface area contributed by atoms with Crippen molar-refractivity contribution in [2.45, 2.75) is 44.7 Å². The maximum Gasteiger partial charge on any atom is 0.0369 e. The minimum Gasteiger partial charge on any atom is -0.324 e. The highest BCUT2D eigenvalue weighted by Crippen LogP contribution is 2.32. The first-order valence-electron chi connectivity index (χ1n) is 5.39. The van der Waals surface area contributed by atoms with E-state index in [9.17, 15) is 0 Å². The molecule has 0 saturated heterocycles. The van der Waals surface area contributed by atoms with E-state index in [0.717, 1.165) is 0 Å². The summed E-state index contributed by atoms with van der Waals surface area (Å²) in [5.41, 5.74) is 12.9. The van der Waals surface area contributed by atoms with Crippen LogP contribution < -0.4 is 11.5 Å². The maximum atomic E-state index is 6.34. The van der Waals surface area contributed by atoms with Gasteiger partial charge < -0.3 is 11.5 Å². The molecule has 2 nitrogen and oxygen atoms in total. The van der Waals surface area contributed by atoms with E-state index in [1.54, 1.807) is 0 Å². The van der Waals surface area contributed by atoms with Crippen molar-refractivity contribution in [1.29, 1.82) is 0 Å². The van der Waals surface area contributed by atoms with Crippen molar-refractivity contribution in [3.05, 3.63) is 35.9 Å².